The van der Waals surface area contributed by atoms with E-state index in [2.05, 4.69) is 12.2 Å². The number of hydrogen-bond donors (Lipinski definition) is 1. The van der Waals surface area contributed by atoms with Crippen molar-refractivity contribution in [1.29, 1.82) is 0 Å². The Labute approximate surface area is 73.5 Å². The fraction of sp³-hybridized carbons (Fsp3) is 0.889. The molecule has 3 nitrogen and oxygen atoms in total. The fourth-order valence-electron chi connectivity index (χ4n) is 1.46. The van der Waals surface area contributed by atoms with Gasteiger partial charge < -0.3 is 10.1 Å². The molecular formula is C9H17NO2. The SMILES string of the molecule is CCC(=O)OC1CCNC(C)C1. The summed E-state index contributed by atoms with van der Waals surface area (Å²) in [6, 6.07) is 0.480. The van der Waals surface area contributed by atoms with Gasteiger partial charge in [-0.1, -0.05) is 6.92 Å². The van der Waals surface area contributed by atoms with Gasteiger partial charge in [-0.05, 0) is 26.3 Å². The first-order valence-electron chi connectivity index (χ1n) is 4.65. The molecule has 1 aliphatic heterocycles. The minimum atomic E-state index is -0.0749. The van der Waals surface area contributed by atoms with E-state index in [1.54, 1.807) is 0 Å². The normalized spacial score (nSPS) is 29.8. The van der Waals surface area contributed by atoms with Crippen LogP contribution in [0.1, 0.15) is 33.1 Å². The second-order valence-electron chi connectivity index (χ2n) is 3.34. The highest BCUT2D eigenvalue weighted by molar-refractivity contribution is 5.69. The van der Waals surface area contributed by atoms with Gasteiger partial charge in [0.1, 0.15) is 6.10 Å². The van der Waals surface area contributed by atoms with Gasteiger partial charge in [0.05, 0.1) is 0 Å². The summed E-state index contributed by atoms with van der Waals surface area (Å²) in [7, 11) is 0. The third kappa shape index (κ3) is 2.81. The predicted octanol–water partition coefficient (Wildman–Crippen LogP) is 1.08. The van der Waals surface area contributed by atoms with Crippen molar-refractivity contribution in [3.8, 4) is 0 Å². The van der Waals surface area contributed by atoms with Gasteiger partial charge in [-0.2, -0.15) is 0 Å². The predicted molar refractivity (Wildman–Crippen MR) is 46.9 cm³/mol. The van der Waals surface area contributed by atoms with E-state index in [0.717, 1.165) is 19.4 Å². The second-order valence-corrected chi connectivity index (χ2v) is 3.34. The Morgan fingerprint density at radius 1 is 1.67 bits per heavy atom. The fourth-order valence-corrected chi connectivity index (χ4v) is 1.46. The van der Waals surface area contributed by atoms with Crippen LogP contribution in [0.2, 0.25) is 0 Å². The molecule has 1 fully saturated rings. The zero-order valence-electron chi connectivity index (χ0n) is 7.80. The summed E-state index contributed by atoms with van der Waals surface area (Å²) in [6.07, 6.45) is 2.54. The largest absolute Gasteiger partial charge is 0.462 e. The van der Waals surface area contributed by atoms with Crippen molar-refractivity contribution < 1.29 is 9.53 Å². The number of carbonyl (C=O) groups excluding carboxylic acids is 1. The Hall–Kier alpha value is -0.570. The third-order valence-electron chi connectivity index (χ3n) is 2.16. The molecule has 0 aromatic heterocycles. The minimum Gasteiger partial charge on any atom is -0.462 e. The standard InChI is InChI=1S/C9H17NO2/c1-3-9(11)12-8-4-5-10-7(2)6-8/h7-8,10H,3-6H2,1-2H3. The number of nitrogens with one attached hydrogen (secondary N) is 1. The van der Waals surface area contributed by atoms with Crippen LogP contribution in [0.3, 0.4) is 0 Å². The Morgan fingerprint density at radius 2 is 2.42 bits per heavy atom. The maximum Gasteiger partial charge on any atom is 0.305 e. The Bertz CT molecular complexity index is 159. The number of piperidine rings is 1. The van der Waals surface area contributed by atoms with E-state index < -0.39 is 0 Å². The molecule has 0 amide bonds. The molecule has 0 spiro atoms. The van der Waals surface area contributed by atoms with E-state index in [1.165, 1.54) is 0 Å². The summed E-state index contributed by atoms with van der Waals surface area (Å²) < 4.78 is 5.23. The molecule has 0 bridgehead atoms. The van der Waals surface area contributed by atoms with Crippen LogP contribution < -0.4 is 5.32 Å². The van der Waals surface area contributed by atoms with Gasteiger partial charge >= 0.3 is 5.97 Å². The van der Waals surface area contributed by atoms with Crippen molar-refractivity contribution in [2.75, 3.05) is 6.54 Å². The number of ether oxygens (including phenoxy) is 1. The van der Waals surface area contributed by atoms with E-state index in [0.29, 0.717) is 12.5 Å². The number of rotatable bonds is 2. The Morgan fingerprint density at radius 3 is 3.00 bits per heavy atom. The van der Waals surface area contributed by atoms with Crippen LogP contribution in [0.25, 0.3) is 0 Å². The van der Waals surface area contributed by atoms with Gasteiger partial charge in [-0.3, -0.25) is 4.79 Å². The summed E-state index contributed by atoms with van der Waals surface area (Å²) in [6.45, 7) is 4.90. The van der Waals surface area contributed by atoms with Crippen molar-refractivity contribution in [3.63, 3.8) is 0 Å². The van der Waals surface area contributed by atoms with E-state index in [4.69, 9.17) is 4.74 Å². The van der Waals surface area contributed by atoms with Gasteiger partial charge in [0.2, 0.25) is 0 Å². The molecule has 0 radical (unpaired) electrons. The van der Waals surface area contributed by atoms with Crippen LogP contribution in [-0.2, 0) is 9.53 Å². The topological polar surface area (TPSA) is 38.3 Å². The van der Waals surface area contributed by atoms with Gasteiger partial charge in [0.25, 0.3) is 0 Å². The van der Waals surface area contributed by atoms with Crippen molar-refractivity contribution in [1.82, 2.24) is 5.32 Å². The van der Waals surface area contributed by atoms with Crippen LogP contribution in [0, 0.1) is 0 Å². The molecule has 1 heterocycles. The molecule has 2 unspecified atom stereocenters. The van der Waals surface area contributed by atoms with Crippen molar-refractivity contribution >= 4 is 5.97 Å². The zero-order chi connectivity index (χ0) is 8.97. The summed E-state index contributed by atoms with van der Waals surface area (Å²) >= 11 is 0. The van der Waals surface area contributed by atoms with Crippen molar-refractivity contribution in [2.24, 2.45) is 0 Å². The highest BCUT2D eigenvalue weighted by Gasteiger charge is 2.20. The number of carbonyl (C=O) groups is 1. The Balaban J connectivity index is 2.27. The van der Waals surface area contributed by atoms with E-state index in [1.807, 2.05) is 6.92 Å². The average Bonchev–Trinajstić information content (AvgIpc) is 2.04. The molecule has 1 N–H and O–H groups in total. The lowest BCUT2D eigenvalue weighted by molar-refractivity contribution is -0.150. The first-order valence-corrected chi connectivity index (χ1v) is 4.65. The third-order valence-corrected chi connectivity index (χ3v) is 2.16. The molecule has 1 saturated heterocycles. The lowest BCUT2D eigenvalue weighted by Crippen LogP contribution is -2.40. The van der Waals surface area contributed by atoms with Crippen LogP contribution in [0.15, 0.2) is 0 Å². The number of hydrogen-bond acceptors (Lipinski definition) is 3. The lowest BCUT2D eigenvalue weighted by atomic mass is 10.0. The molecule has 3 heteroatoms. The lowest BCUT2D eigenvalue weighted by Gasteiger charge is -2.27. The van der Waals surface area contributed by atoms with E-state index in [-0.39, 0.29) is 12.1 Å². The van der Waals surface area contributed by atoms with Gasteiger partial charge in [0, 0.05) is 12.5 Å². The highest BCUT2D eigenvalue weighted by Crippen LogP contribution is 2.12. The summed E-state index contributed by atoms with van der Waals surface area (Å²) in [5, 5.41) is 3.31. The first-order chi connectivity index (χ1) is 5.72. The van der Waals surface area contributed by atoms with Gasteiger partial charge in [-0.15, -0.1) is 0 Å². The van der Waals surface area contributed by atoms with Gasteiger partial charge in [0.15, 0.2) is 0 Å². The molecule has 0 aliphatic carbocycles. The summed E-state index contributed by atoms with van der Waals surface area (Å²) in [5.74, 6) is -0.0749. The van der Waals surface area contributed by atoms with E-state index in [9.17, 15) is 4.79 Å². The monoisotopic (exact) mass is 171 g/mol. The van der Waals surface area contributed by atoms with Crippen molar-refractivity contribution in [2.45, 2.75) is 45.3 Å². The quantitative estimate of drug-likeness (QED) is 0.632. The maximum atomic E-state index is 10.9. The van der Waals surface area contributed by atoms with E-state index >= 15 is 0 Å². The zero-order valence-corrected chi connectivity index (χ0v) is 7.80. The first kappa shape index (κ1) is 9.52. The molecule has 12 heavy (non-hydrogen) atoms. The highest BCUT2D eigenvalue weighted by atomic mass is 16.5. The molecule has 0 aromatic rings. The average molecular weight is 171 g/mol. The Kier molecular flexibility index (Phi) is 3.53. The van der Waals surface area contributed by atoms with Crippen LogP contribution in [0.5, 0.6) is 0 Å². The molecule has 70 valence electrons. The minimum absolute atomic E-state index is 0.0749. The van der Waals surface area contributed by atoms with Crippen molar-refractivity contribution in [3.05, 3.63) is 0 Å². The molecule has 0 saturated carbocycles. The molecule has 1 aliphatic rings. The molecule has 0 aromatic carbocycles. The smallest absolute Gasteiger partial charge is 0.305 e. The molecule has 1 rings (SSSR count). The summed E-state index contributed by atoms with van der Waals surface area (Å²) in [4.78, 5) is 10.9. The maximum absolute atomic E-state index is 10.9. The number of esters is 1. The van der Waals surface area contributed by atoms with Crippen LogP contribution in [0.4, 0.5) is 0 Å². The second kappa shape index (κ2) is 4.45. The van der Waals surface area contributed by atoms with Gasteiger partial charge in [-0.25, -0.2) is 0 Å². The molecular weight excluding hydrogens is 154 g/mol. The van der Waals surface area contributed by atoms with Crippen LogP contribution in [-0.4, -0.2) is 24.7 Å². The van der Waals surface area contributed by atoms with Crippen LogP contribution >= 0.6 is 0 Å². The molecule has 2 atom stereocenters. The summed E-state index contributed by atoms with van der Waals surface area (Å²) in [5.41, 5.74) is 0.